The number of benzene rings is 3. The molecule has 0 aliphatic heterocycles. The van der Waals surface area contributed by atoms with Crippen molar-refractivity contribution in [1.29, 1.82) is 0 Å². The third-order valence-corrected chi connectivity index (χ3v) is 4.18. The molecule has 0 bridgehead atoms. The van der Waals surface area contributed by atoms with Crippen LogP contribution in [0.4, 0.5) is 5.69 Å². The van der Waals surface area contributed by atoms with Gasteiger partial charge in [-0.15, -0.1) is 0 Å². The molecule has 3 rings (SSSR count). The van der Waals surface area contributed by atoms with Gasteiger partial charge in [-0.25, -0.2) is 0 Å². The van der Waals surface area contributed by atoms with Gasteiger partial charge in [0.15, 0.2) is 6.61 Å². The minimum Gasteiger partial charge on any atom is -0.455 e. The molecule has 0 saturated carbocycles. The van der Waals surface area contributed by atoms with Gasteiger partial charge in [0.1, 0.15) is 0 Å². The Kier molecular flexibility index (Phi) is 5.46. The van der Waals surface area contributed by atoms with Crippen LogP contribution >= 0.6 is 15.9 Å². The van der Waals surface area contributed by atoms with E-state index in [2.05, 4.69) is 21.2 Å². The van der Waals surface area contributed by atoms with Crippen LogP contribution in [0.15, 0.2) is 71.2 Å². The molecule has 0 unspecified atom stereocenters. The molecule has 0 fully saturated rings. The van der Waals surface area contributed by atoms with Crippen molar-refractivity contribution in [2.75, 3.05) is 11.9 Å². The molecule has 0 saturated heterocycles. The van der Waals surface area contributed by atoms with Gasteiger partial charge in [0.25, 0.3) is 5.91 Å². The fourth-order valence-corrected chi connectivity index (χ4v) is 2.96. The third-order valence-electron chi connectivity index (χ3n) is 3.69. The highest BCUT2D eigenvalue weighted by atomic mass is 79.9. The lowest BCUT2D eigenvalue weighted by atomic mass is 10.0. The number of esters is 1. The van der Waals surface area contributed by atoms with Crippen molar-refractivity contribution in [3.05, 3.63) is 76.8 Å². The molecule has 0 radical (unpaired) electrons. The van der Waals surface area contributed by atoms with Crippen LogP contribution in [0.1, 0.15) is 5.56 Å². The predicted octanol–water partition coefficient (Wildman–Crippen LogP) is 4.33. The number of carbonyl (C=O) groups excluding carboxylic acids is 2. The van der Waals surface area contributed by atoms with Crippen molar-refractivity contribution in [2.24, 2.45) is 0 Å². The van der Waals surface area contributed by atoms with Crippen LogP contribution in [-0.2, 0) is 20.7 Å². The lowest BCUT2D eigenvalue weighted by Crippen LogP contribution is -2.21. The maximum atomic E-state index is 12.1. The number of halogens is 1. The number of anilines is 1. The molecule has 3 aromatic carbocycles. The van der Waals surface area contributed by atoms with E-state index in [1.807, 2.05) is 54.6 Å². The fraction of sp³-hybridized carbons (Fsp3) is 0.100. The maximum Gasteiger partial charge on any atom is 0.310 e. The Morgan fingerprint density at radius 3 is 2.56 bits per heavy atom. The van der Waals surface area contributed by atoms with E-state index in [9.17, 15) is 9.59 Å². The Bertz CT molecular complexity index is 918. The molecule has 1 amide bonds. The molecule has 0 spiro atoms. The summed E-state index contributed by atoms with van der Waals surface area (Å²) in [6.07, 6.45) is 0.130. The van der Waals surface area contributed by atoms with E-state index < -0.39 is 5.97 Å². The highest BCUT2D eigenvalue weighted by Gasteiger charge is 2.11. The van der Waals surface area contributed by atoms with Gasteiger partial charge in [-0.3, -0.25) is 9.59 Å². The zero-order valence-corrected chi connectivity index (χ0v) is 15.0. The van der Waals surface area contributed by atoms with Gasteiger partial charge in [0, 0.05) is 10.2 Å². The second-order valence-corrected chi connectivity index (χ2v) is 6.45. The Balaban J connectivity index is 1.56. The Morgan fingerprint density at radius 1 is 0.960 bits per heavy atom. The molecule has 25 heavy (non-hydrogen) atoms. The van der Waals surface area contributed by atoms with Crippen LogP contribution in [0.3, 0.4) is 0 Å². The Morgan fingerprint density at radius 2 is 1.72 bits per heavy atom. The highest BCUT2D eigenvalue weighted by Crippen LogP contribution is 2.19. The smallest absolute Gasteiger partial charge is 0.310 e. The summed E-state index contributed by atoms with van der Waals surface area (Å²) in [5.74, 6) is -0.801. The normalized spacial score (nSPS) is 10.4. The summed E-state index contributed by atoms with van der Waals surface area (Å²) in [7, 11) is 0. The van der Waals surface area contributed by atoms with Gasteiger partial charge in [-0.1, -0.05) is 64.5 Å². The van der Waals surface area contributed by atoms with E-state index in [4.69, 9.17) is 4.74 Å². The number of nitrogens with one attached hydrogen (secondary N) is 1. The Labute approximate surface area is 153 Å². The summed E-state index contributed by atoms with van der Waals surface area (Å²) in [4.78, 5) is 23.9. The van der Waals surface area contributed by atoms with E-state index in [-0.39, 0.29) is 18.9 Å². The fourth-order valence-electron chi connectivity index (χ4n) is 2.56. The number of hydrogen-bond donors (Lipinski definition) is 1. The van der Waals surface area contributed by atoms with Crippen molar-refractivity contribution in [3.8, 4) is 0 Å². The lowest BCUT2D eigenvalue weighted by molar-refractivity contribution is -0.146. The van der Waals surface area contributed by atoms with E-state index in [0.29, 0.717) is 5.69 Å². The molecule has 0 aliphatic carbocycles. The first-order valence-electron chi connectivity index (χ1n) is 7.79. The van der Waals surface area contributed by atoms with Crippen LogP contribution in [0.5, 0.6) is 0 Å². The van der Waals surface area contributed by atoms with Crippen molar-refractivity contribution < 1.29 is 14.3 Å². The second kappa shape index (κ2) is 7.94. The number of amides is 1. The molecule has 3 aromatic rings. The molecule has 0 atom stereocenters. The first kappa shape index (κ1) is 17.2. The van der Waals surface area contributed by atoms with Crippen molar-refractivity contribution in [3.63, 3.8) is 0 Å². The number of carbonyl (C=O) groups is 2. The summed E-state index contributed by atoms with van der Waals surface area (Å²) in [6, 6.07) is 20.9. The highest BCUT2D eigenvalue weighted by molar-refractivity contribution is 9.10. The van der Waals surface area contributed by atoms with Crippen LogP contribution in [0.2, 0.25) is 0 Å². The standard InChI is InChI=1S/C20H16BrNO3/c21-16-8-4-9-17(12-16)22-19(23)13-25-20(24)11-15-7-3-6-14-5-1-2-10-18(14)15/h1-10,12H,11,13H2,(H,22,23). The number of rotatable bonds is 5. The number of fused-ring (bicyclic) bond motifs is 1. The average Bonchev–Trinajstić information content (AvgIpc) is 2.60. The first-order chi connectivity index (χ1) is 12.1. The minimum absolute atomic E-state index is 0.130. The molecular weight excluding hydrogens is 382 g/mol. The molecule has 4 nitrogen and oxygen atoms in total. The quantitative estimate of drug-likeness (QED) is 0.651. The van der Waals surface area contributed by atoms with Gasteiger partial charge in [0.05, 0.1) is 6.42 Å². The van der Waals surface area contributed by atoms with Crippen molar-refractivity contribution in [1.82, 2.24) is 0 Å². The number of hydrogen-bond acceptors (Lipinski definition) is 3. The van der Waals surface area contributed by atoms with E-state index in [0.717, 1.165) is 20.8 Å². The summed E-state index contributed by atoms with van der Waals surface area (Å²) in [5, 5.41) is 4.77. The third kappa shape index (κ3) is 4.67. The lowest BCUT2D eigenvalue weighted by Gasteiger charge is -2.08. The van der Waals surface area contributed by atoms with Crippen LogP contribution < -0.4 is 5.32 Å². The monoisotopic (exact) mass is 397 g/mol. The zero-order valence-electron chi connectivity index (χ0n) is 13.4. The second-order valence-electron chi connectivity index (χ2n) is 5.53. The SMILES string of the molecule is O=C(COC(=O)Cc1cccc2ccccc12)Nc1cccc(Br)c1. The van der Waals surface area contributed by atoms with Crippen LogP contribution in [-0.4, -0.2) is 18.5 Å². The molecule has 0 aliphatic rings. The van der Waals surface area contributed by atoms with E-state index in [1.165, 1.54) is 0 Å². The van der Waals surface area contributed by atoms with Crippen LogP contribution in [0.25, 0.3) is 10.8 Å². The van der Waals surface area contributed by atoms with Gasteiger partial charge in [0.2, 0.25) is 0 Å². The molecule has 126 valence electrons. The predicted molar refractivity (Wildman–Crippen MR) is 101 cm³/mol. The van der Waals surface area contributed by atoms with Gasteiger partial charge in [-0.2, -0.15) is 0 Å². The summed E-state index contributed by atoms with van der Waals surface area (Å²) in [5.41, 5.74) is 1.53. The zero-order chi connectivity index (χ0) is 17.6. The molecule has 0 aromatic heterocycles. The summed E-state index contributed by atoms with van der Waals surface area (Å²) in [6.45, 7) is -0.309. The largest absolute Gasteiger partial charge is 0.455 e. The van der Waals surface area contributed by atoms with E-state index >= 15 is 0 Å². The average molecular weight is 398 g/mol. The van der Waals surface area contributed by atoms with Gasteiger partial charge < -0.3 is 10.1 Å². The topological polar surface area (TPSA) is 55.4 Å². The van der Waals surface area contributed by atoms with Gasteiger partial charge >= 0.3 is 5.97 Å². The maximum absolute atomic E-state index is 12.1. The van der Waals surface area contributed by atoms with E-state index in [1.54, 1.807) is 12.1 Å². The summed E-state index contributed by atoms with van der Waals surface area (Å²) < 4.78 is 5.96. The Hall–Kier alpha value is -2.66. The minimum atomic E-state index is -0.430. The van der Waals surface area contributed by atoms with Crippen LogP contribution in [0, 0.1) is 0 Å². The molecular formula is C20H16BrNO3. The van der Waals surface area contributed by atoms with Crippen molar-refractivity contribution in [2.45, 2.75) is 6.42 Å². The first-order valence-corrected chi connectivity index (χ1v) is 8.59. The van der Waals surface area contributed by atoms with Gasteiger partial charge in [-0.05, 0) is 34.5 Å². The van der Waals surface area contributed by atoms with Crippen molar-refractivity contribution >= 4 is 44.3 Å². The molecule has 1 N–H and O–H groups in total. The molecule has 5 heteroatoms. The molecule has 0 heterocycles. The number of ether oxygens (including phenoxy) is 1. The summed E-state index contributed by atoms with van der Waals surface area (Å²) >= 11 is 3.33.